The summed E-state index contributed by atoms with van der Waals surface area (Å²) in [6.07, 6.45) is 1.23. The minimum Gasteiger partial charge on any atom is -0.493 e. The zero-order valence-corrected chi connectivity index (χ0v) is 11.4. The normalized spacial score (nSPS) is 10.6. The van der Waals surface area contributed by atoms with Crippen molar-refractivity contribution in [1.29, 1.82) is 0 Å². The summed E-state index contributed by atoms with van der Waals surface area (Å²) in [6.45, 7) is 0.326. The number of aliphatic carboxylic acids is 1. The average molecular weight is 298 g/mol. The SMILES string of the molecule is COc1cc(C=C(N=[N+]=[N-])C(=O)O)ccc1OCCCl. The molecule has 106 valence electrons. The molecule has 0 radical (unpaired) electrons. The first-order valence-corrected chi connectivity index (χ1v) is 6.02. The van der Waals surface area contributed by atoms with E-state index in [4.69, 9.17) is 31.7 Å². The minimum absolute atomic E-state index is 0.326. The van der Waals surface area contributed by atoms with Crippen LogP contribution in [0.4, 0.5) is 0 Å². The molecule has 1 aromatic carbocycles. The largest absolute Gasteiger partial charge is 0.493 e. The molecule has 8 heteroatoms. The van der Waals surface area contributed by atoms with Gasteiger partial charge in [-0.2, -0.15) is 0 Å². The Morgan fingerprint density at radius 2 is 2.30 bits per heavy atom. The summed E-state index contributed by atoms with van der Waals surface area (Å²) in [7, 11) is 1.46. The second-order valence-corrected chi connectivity index (χ2v) is 3.85. The summed E-state index contributed by atoms with van der Waals surface area (Å²) in [6, 6.07) is 4.80. The summed E-state index contributed by atoms with van der Waals surface area (Å²) >= 11 is 5.53. The Morgan fingerprint density at radius 1 is 1.55 bits per heavy atom. The number of hydrogen-bond acceptors (Lipinski definition) is 4. The lowest BCUT2D eigenvalue weighted by Gasteiger charge is -2.10. The van der Waals surface area contributed by atoms with Crippen LogP contribution in [-0.4, -0.2) is 30.7 Å². The number of halogens is 1. The fraction of sp³-hybridized carbons (Fsp3) is 0.250. The van der Waals surface area contributed by atoms with Crippen molar-refractivity contribution in [2.45, 2.75) is 0 Å². The zero-order chi connectivity index (χ0) is 15.0. The van der Waals surface area contributed by atoms with Crippen LogP contribution in [0.5, 0.6) is 11.5 Å². The van der Waals surface area contributed by atoms with Gasteiger partial charge in [0.2, 0.25) is 0 Å². The average Bonchev–Trinajstić information content (AvgIpc) is 2.45. The van der Waals surface area contributed by atoms with E-state index < -0.39 is 11.7 Å². The molecule has 1 aromatic rings. The molecule has 0 heterocycles. The number of rotatable bonds is 7. The molecule has 0 unspecified atom stereocenters. The number of carboxylic acids is 1. The van der Waals surface area contributed by atoms with Crippen LogP contribution in [0.2, 0.25) is 0 Å². The van der Waals surface area contributed by atoms with Gasteiger partial charge in [-0.25, -0.2) is 4.79 Å². The number of nitrogens with zero attached hydrogens (tertiary/aromatic N) is 3. The van der Waals surface area contributed by atoms with E-state index in [1.807, 2.05) is 0 Å². The van der Waals surface area contributed by atoms with E-state index in [9.17, 15) is 4.79 Å². The molecule has 1 rings (SSSR count). The molecule has 0 amide bonds. The minimum atomic E-state index is -1.32. The fourth-order valence-corrected chi connectivity index (χ4v) is 1.46. The monoisotopic (exact) mass is 297 g/mol. The molecular formula is C12H12ClN3O4. The molecule has 1 N–H and O–H groups in total. The van der Waals surface area contributed by atoms with Crippen molar-refractivity contribution in [2.75, 3.05) is 19.6 Å². The molecule has 0 aliphatic rings. The van der Waals surface area contributed by atoms with E-state index in [1.54, 1.807) is 18.2 Å². The molecule has 20 heavy (non-hydrogen) atoms. The van der Waals surface area contributed by atoms with Gasteiger partial charge in [0.25, 0.3) is 0 Å². The lowest BCUT2D eigenvalue weighted by molar-refractivity contribution is -0.132. The second-order valence-electron chi connectivity index (χ2n) is 3.47. The van der Waals surface area contributed by atoms with Crippen LogP contribution in [0.1, 0.15) is 5.56 Å². The highest BCUT2D eigenvalue weighted by atomic mass is 35.5. The Morgan fingerprint density at radius 3 is 2.85 bits per heavy atom. The van der Waals surface area contributed by atoms with E-state index in [1.165, 1.54) is 13.2 Å². The van der Waals surface area contributed by atoms with Crippen molar-refractivity contribution in [3.8, 4) is 11.5 Å². The first-order chi connectivity index (χ1) is 9.62. The summed E-state index contributed by atoms with van der Waals surface area (Å²) in [5.74, 6) is -0.0602. The van der Waals surface area contributed by atoms with Crippen molar-refractivity contribution < 1.29 is 19.4 Å². The number of carbonyl (C=O) groups is 1. The Bertz CT molecular complexity index is 564. The van der Waals surface area contributed by atoms with Gasteiger partial charge in [-0.1, -0.05) is 11.2 Å². The lowest BCUT2D eigenvalue weighted by Crippen LogP contribution is -2.00. The number of hydrogen-bond donors (Lipinski definition) is 1. The quantitative estimate of drug-likeness (QED) is 0.274. The van der Waals surface area contributed by atoms with Crippen LogP contribution in [0, 0.1) is 0 Å². The zero-order valence-electron chi connectivity index (χ0n) is 10.6. The number of alkyl halides is 1. The third-order valence-electron chi connectivity index (χ3n) is 2.20. The standard InChI is InChI=1S/C12H12ClN3O4/c1-19-11-7-8(2-3-10(11)20-5-4-13)6-9(12(17)18)15-16-14/h2-3,6-7H,4-5H2,1H3,(H,17,18). The summed E-state index contributed by atoms with van der Waals surface area (Å²) < 4.78 is 10.5. The molecule has 0 fully saturated rings. The van der Waals surface area contributed by atoms with Gasteiger partial charge in [0, 0.05) is 4.91 Å². The molecule has 0 saturated carbocycles. The van der Waals surface area contributed by atoms with Crippen molar-refractivity contribution in [3.63, 3.8) is 0 Å². The summed E-state index contributed by atoms with van der Waals surface area (Å²) in [5.41, 5.74) is 8.39. The van der Waals surface area contributed by atoms with E-state index in [2.05, 4.69) is 10.0 Å². The van der Waals surface area contributed by atoms with Gasteiger partial charge < -0.3 is 14.6 Å². The van der Waals surface area contributed by atoms with Gasteiger partial charge in [-0.15, -0.1) is 11.6 Å². The lowest BCUT2D eigenvalue weighted by atomic mass is 10.1. The van der Waals surface area contributed by atoms with Gasteiger partial charge in [0.15, 0.2) is 11.5 Å². The fourth-order valence-electron chi connectivity index (χ4n) is 1.38. The summed E-state index contributed by atoms with van der Waals surface area (Å²) in [5, 5.41) is 12.0. The predicted molar refractivity (Wildman–Crippen MR) is 74.0 cm³/mol. The molecule has 0 bridgehead atoms. The topological polar surface area (TPSA) is 105 Å². The van der Waals surface area contributed by atoms with E-state index in [-0.39, 0.29) is 0 Å². The Balaban J connectivity index is 3.11. The van der Waals surface area contributed by atoms with Crippen molar-refractivity contribution >= 4 is 23.6 Å². The van der Waals surface area contributed by atoms with Gasteiger partial charge in [0.1, 0.15) is 12.3 Å². The molecule has 7 nitrogen and oxygen atoms in total. The highest BCUT2D eigenvalue weighted by molar-refractivity contribution is 6.18. The molecular weight excluding hydrogens is 286 g/mol. The number of carboxylic acid groups (broad SMARTS) is 1. The van der Waals surface area contributed by atoms with Crippen LogP contribution < -0.4 is 9.47 Å². The smallest absolute Gasteiger partial charge is 0.338 e. The maximum absolute atomic E-state index is 10.9. The van der Waals surface area contributed by atoms with Crippen LogP contribution >= 0.6 is 11.6 Å². The number of methoxy groups -OCH3 is 1. The van der Waals surface area contributed by atoms with Gasteiger partial charge >= 0.3 is 5.97 Å². The van der Waals surface area contributed by atoms with E-state index >= 15 is 0 Å². The van der Waals surface area contributed by atoms with Gasteiger partial charge in [-0.05, 0) is 29.3 Å². The first-order valence-electron chi connectivity index (χ1n) is 5.49. The first kappa shape index (κ1) is 15.7. The maximum atomic E-state index is 10.9. The van der Waals surface area contributed by atoms with Gasteiger partial charge in [-0.3, -0.25) is 0 Å². The molecule has 0 aliphatic heterocycles. The van der Waals surface area contributed by atoms with E-state index in [0.717, 1.165) is 0 Å². The van der Waals surface area contributed by atoms with Crippen molar-refractivity contribution in [2.24, 2.45) is 5.11 Å². The number of benzene rings is 1. The molecule has 0 atom stereocenters. The van der Waals surface area contributed by atoms with Crippen LogP contribution in [0.15, 0.2) is 29.0 Å². The molecule has 0 saturated heterocycles. The third kappa shape index (κ3) is 4.38. The van der Waals surface area contributed by atoms with Crippen LogP contribution in [0.3, 0.4) is 0 Å². The highest BCUT2D eigenvalue weighted by Gasteiger charge is 2.08. The molecule has 0 aromatic heterocycles. The van der Waals surface area contributed by atoms with Crippen molar-refractivity contribution in [3.05, 3.63) is 39.9 Å². The number of azide groups is 1. The number of ether oxygens (including phenoxy) is 2. The van der Waals surface area contributed by atoms with Crippen molar-refractivity contribution in [1.82, 2.24) is 0 Å². The molecule has 0 spiro atoms. The molecule has 0 aliphatic carbocycles. The Kier molecular flexibility index (Phi) is 6.22. The predicted octanol–water partition coefficient (Wildman–Crippen LogP) is 3.05. The van der Waals surface area contributed by atoms with Crippen LogP contribution in [-0.2, 0) is 4.79 Å². The van der Waals surface area contributed by atoms with Gasteiger partial charge in [0.05, 0.1) is 13.0 Å². The Labute approximate surface area is 120 Å². The third-order valence-corrected chi connectivity index (χ3v) is 2.35. The Hall–Kier alpha value is -2.37. The summed E-state index contributed by atoms with van der Waals surface area (Å²) in [4.78, 5) is 13.3. The van der Waals surface area contributed by atoms with E-state index in [0.29, 0.717) is 29.5 Å². The highest BCUT2D eigenvalue weighted by Crippen LogP contribution is 2.29. The maximum Gasteiger partial charge on any atom is 0.338 e. The van der Waals surface area contributed by atoms with Crippen LogP contribution in [0.25, 0.3) is 16.5 Å². The second kappa shape index (κ2) is 7.93.